The zero-order valence-corrected chi connectivity index (χ0v) is 16.3. The summed E-state index contributed by atoms with van der Waals surface area (Å²) in [5.41, 5.74) is 0.964. The van der Waals surface area contributed by atoms with E-state index in [1.807, 2.05) is 0 Å². The molecular formula is C22H21F2N3O3. The lowest BCUT2D eigenvalue weighted by atomic mass is 10.1. The van der Waals surface area contributed by atoms with Gasteiger partial charge in [0.25, 0.3) is 11.5 Å². The topological polar surface area (TPSA) is 73.2 Å². The molecule has 0 radical (unpaired) electrons. The monoisotopic (exact) mass is 413 g/mol. The molecule has 3 rings (SSSR count). The van der Waals surface area contributed by atoms with Crippen LogP contribution < -0.4 is 15.6 Å². The van der Waals surface area contributed by atoms with Crippen molar-refractivity contribution in [3.63, 3.8) is 0 Å². The van der Waals surface area contributed by atoms with E-state index in [1.165, 1.54) is 48.0 Å². The van der Waals surface area contributed by atoms with Crippen LogP contribution in [0.3, 0.4) is 0 Å². The van der Waals surface area contributed by atoms with Gasteiger partial charge >= 0.3 is 0 Å². The van der Waals surface area contributed by atoms with Crippen molar-refractivity contribution in [1.29, 1.82) is 0 Å². The number of hydrogen-bond acceptors (Lipinski definition) is 4. The van der Waals surface area contributed by atoms with E-state index in [0.29, 0.717) is 24.2 Å². The number of para-hydroxylation sites is 1. The average molecular weight is 413 g/mol. The van der Waals surface area contributed by atoms with Crippen LogP contribution in [0.15, 0.2) is 65.5 Å². The smallest absolute Gasteiger partial charge is 0.266 e. The molecule has 8 heteroatoms. The summed E-state index contributed by atoms with van der Waals surface area (Å²) in [6.45, 7) is 2.11. The molecule has 1 N–H and O–H groups in total. The number of carbonyl (C=O) groups is 1. The van der Waals surface area contributed by atoms with Crippen molar-refractivity contribution in [3.05, 3.63) is 82.7 Å². The number of aryl methyl sites for hydroxylation is 1. The Morgan fingerprint density at radius 3 is 2.57 bits per heavy atom. The van der Waals surface area contributed by atoms with Crippen LogP contribution >= 0.6 is 0 Å². The maximum atomic E-state index is 13.6. The Morgan fingerprint density at radius 1 is 1.10 bits per heavy atom. The lowest BCUT2D eigenvalue weighted by Crippen LogP contribution is -2.37. The van der Waals surface area contributed by atoms with Crippen molar-refractivity contribution in [3.8, 4) is 17.0 Å². The van der Waals surface area contributed by atoms with Crippen molar-refractivity contribution >= 4 is 5.91 Å². The Hall–Kier alpha value is -3.55. The SMILES string of the molecule is C[C@H](Oc1ccccc1F)C(=O)NCCCn1nc(-c2ccc(F)cc2)ccc1=O. The molecule has 0 fully saturated rings. The minimum absolute atomic E-state index is 0.00788. The Balaban J connectivity index is 1.52. The van der Waals surface area contributed by atoms with Gasteiger partial charge in [-0.15, -0.1) is 0 Å². The van der Waals surface area contributed by atoms with Gasteiger partial charge in [0.1, 0.15) is 5.82 Å². The van der Waals surface area contributed by atoms with Crippen molar-refractivity contribution in [2.24, 2.45) is 0 Å². The number of carbonyl (C=O) groups excluding carboxylic acids is 1. The highest BCUT2D eigenvalue weighted by atomic mass is 19.1. The minimum atomic E-state index is -0.871. The van der Waals surface area contributed by atoms with Gasteiger partial charge in [-0.25, -0.2) is 13.5 Å². The fraction of sp³-hybridized carbons (Fsp3) is 0.227. The molecule has 0 aliphatic heterocycles. The Labute approximate surface area is 172 Å². The van der Waals surface area contributed by atoms with E-state index in [4.69, 9.17) is 4.74 Å². The van der Waals surface area contributed by atoms with E-state index in [2.05, 4.69) is 10.4 Å². The molecule has 0 bridgehead atoms. The van der Waals surface area contributed by atoms with Gasteiger partial charge in [0, 0.05) is 24.7 Å². The lowest BCUT2D eigenvalue weighted by Gasteiger charge is -2.15. The highest BCUT2D eigenvalue weighted by Gasteiger charge is 2.15. The summed E-state index contributed by atoms with van der Waals surface area (Å²) in [5, 5.41) is 6.99. The average Bonchev–Trinajstić information content (AvgIpc) is 2.74. The first kappa shape index (κ1) is 21.2. The second-order valence-electron chi connectivity index (χ2n) is 6.62. The summed E-state index contributed by atoms with van der Waals surface area (Å²) < 4.78 is 33.3. The summed E-state index contributed by atoms with van der Waals surface area (Å²) in [6, 6.07) is 14.7. The third-order valence-corrected chi connectivity index (χ3v) is 4.36. The molecule has 0 aliphatic rings. The molecule has 3 aromatic rings. The first-order valence-electron chi connectivity index (χ1n) is 9.47. The van der Waals surface area contributed by atoms with E-state index < -0.39 is 17.8 Å². The van der Waals surface area contributed by atoms with Crippen molar-refractivity contribution < 1.29 is 18.3 Å². The molecule has 1 atom stereocenters. The van der Waals surface area contributed by atoms with Crippen LogP contribution in [0.25, 0.3) is 11.3 Å². The lowest BCUT2D eigenvalue weighted by molar-refractivity contribution is -0.127. The summed E-state index contributed by atoms with van der Waals surface area (Å²) in [6.07, 6.45) is -0.414. The standard InChI is InChI=1S/C22H21F2N3O3/c1-15(30-20-6-3-2-5-18(20)24)22(29)25-13-4-14-27-21(28)12-11-19(26-27)16-7-9-17(23)10-8-16/h2-3,5-12,15H,4,13-14H2,1H3,(H,25,29)/t15-/m0/s1. The first-order valence-corrected chi connectivity index (χ1v) is 9.47. The maximum absolute atomic E-state index is 13.6. The zero-order chi connectivity index (χ0) is 21.5. The predicted molar refractivity (Wildman–Crippen MR) is 108 cm³/mol. The Kier molecular flexibility index (Phi) is 6.90. The van der Waals surface area contributed by atoms with Crippen LogP contribution in [0.2, 0.25) is 0 Å². The second-order valence-corrected chi connectivity index (χ2v) is 6.62. The molecule has 0 aliphatic carbocycles. The minimum Gasteiger partial charge on any atom is -0.478 e. The fourth-order valence-corrected chi connectivity index (χ4v) is 2.75. The van der Waals surface area contributed by atoms with Gasteiger partial charge in [-0.3, -0.25) is 9.59 Å². The molecule has 0 spiro atoms. The van der Waals surface area contributed by atoms with Crippen LogP contribution in [0.5, 0.6) is 5.75 Å². The normalized spacial score (nSPS) is 11.7. The number of aromatic nitrogens is 2. The summed E-state index contributed by atoms with van der Waals surface area (Å²) in [5.74, 6) is -1.27. The Morgan fingerprint density at radius 2 is 1.83 bits per heavy atom. The molecule has 156 valence electrons. The largest absolute Gasteiger partial charge is 0.478 e. The van der Waals surface area contributed by atoms with E-state index in [1.54, 1.807) is 24.3 Å². The molecule has 1 aromatic heterocycles. The molecule has 0 saturated carbocycles. The van der Waals surface area contributed by atoms with Gasteiger partial charge in [0.05, 0.1) is 5.69 Å². The zero-order valence-electron chi connectivity index (χ0n) is 16.3. The molecule has 0 saturated heterocycles. The molecule has 0 unspecified atom stereocenters. The van der Waals surface area contributed by atoms with E-state index in [0.717, 1.165) is 0 Å². The van der Waals surface area contributed by atoms with Crippen LogP contribution in [0.4, 0.5) is 8.78 Å². The van der Waals surface area contributed by atoms with Crippen molar-refractivity contribution in [2.45, 2.75) is 26.0 Å². The molecule has 2 aromatic carbocycles. The van der Waals surface area contributed by atoms with Crippen LogP contribution in [0.1, 0.15) is 13.3 Å². The molecule has 1 amide bonds. The predicted octanol–water partition coefficient (Wildman–Crippen LogP) is 3.16. The summed E-state index contributed by atoms with van der Waals surface area (Å²) in [7, 11) is 0. The van der Waals surface area contributed by atoms with Crippen molar-refractivity contribution in [2.75, 3.05) is 6.54 Å². The Bertz CT molecular complexity index is 1070. The molecule has 30 heavy (non-hydrogen) atoms. The summed E-state index contributed by atoms with van der Waals surface area (Å²) >= 11 is 0. The number of halogens is 2. The van der Waals surface area contributed by atoms with Gasteiger partial charge in [0.2, 0.25) is 0 Å². The van der Waals surface area contributed by atoms with Crippen LogP contribution in [0, 0.1) is 11.6 Å². The van der Waals surface area contributed by atoms with E-state index in [9.17, 15) is 18.4 Å². The van der Waals surface area contributed by atoms with Crippen molar-refractivity contribution in [1.82, 2.24) is 15.1 Å². The van der Waals surface area contributed by atoms with Gasteiger partial charge < -0.3 is 10.1 Å². The van der Waals surface area contributed by atoms with Gasteiger partial charge in [-0.05, 0) is 55.8 Å². The molecular weight excluding hydrogens is 392 g/mol. The second kappa shape index (κ2) is 9.78. The number of nitrogens with zero attached hydrogens (tertiary/aromatic N) is 2. The third-order valence-electron chi connectivity index (χ3n) is 4.36. The van der Waals surface area contributed by atoms with Gasteiger partial charge in [-0.2, -0.15) is 5.10 Å². The fourth-order valence-electron chi connectivity index (χ4n) is 2.75. The number of benzene rings is 2. The van der Waals surface area contributed by atoms with E-state index >= 15 is 0 Å². The number of ether oxygens (including phenoxy) is 1. The van der Waals surface area contributed by atoms with E-state index in [-0.39, 0.29) is 23.7 Å². The highest BCUT2D eigenvalue weighted by molar-refractivity contribution is 5.80. The summed E-state index contributed by atoms with van der Waals surface area (Å²) in [4.78, 5) is 24.2. The van der Waals surface area contributed by atoms with Crippen LogP contribution in [-0.2, 0) is 11.3 Å². The number of rotatable bonds is 8. The van der Waals surface area contributed by atoms with Gasteiger partial charge in [0.15, 0.2) is 17.7 Å². The maximum Gasteiger partial charge on any atom is 0.266 e. The number of hydrogen-bond donors (Lipinski definition) is 1. The number of nitrogens with one attached hydrogen (secondary N) is 1. The highest BCUT2D eigenvalue weighted by Crippen LogP contribution is 2.17. The first-order chi connectivity index (χ1) is 14.4. The van der Waals surface area contributed by atoms with Gasteiger partial charge in [-0.1, -0.05) is 12.1 Å². The molecule has 6 nitrogen and oxygen atoms in total. The van der Waals surface area contributed by atoms with Crippen LogP contribution in [-0.4, -0.2) is 28.3 Å². The third kappa shape index (κ3) is 5.50. The quantitative estimate of drug-likeness (QED) is 0.576. The molecule has 1 heterocycles. The number of amides is 1.